The average Bonchev–Trinajstić information content (AvgIpc) is 4.06. The third kappa shape index (κ3) is 7.15. The number of rotatable bonds is 11. The molecule has 55 heavy (non-hydrogen) atoms. The Hall–Kier alpha value is -5.72. The van der Waals surface area contributed by atoms with Crippen LogP contribution in [-0.4, -0.2) is 72.0 Å². The zero-order valence-electron chi connectivity index (χ0n) is 31.8. The number of alkyl carbamates (subject to hydrolysis) is 1. The van der Waals surface area contributed by atoms with Gasteiger partial charge in [0, 0.05) is 31.9 Å². The lowest BCUT2D eigenvalue weighted by atomic mass is 9.78. The smallest absolute Gasteiger partial charge is 0.407 e. The number of aromatic nitrogens is 6. The third-order valence-electron chi connectivity index (χ3n) is 12.0. The summed E-state index contributed by atoms with van der Waals surface area (Å²) < 4.78 is 6.70. The number of amides is 3. The van der Waals surface area contributed by atoms with Crippen molar-refractivity contribution in [2.45, 2.75) is 70.5 Å². The molecule has 3 fully saturated rings. The maximum absolute atomic E-state index is 13.5. The molecule has 2 bridgehead atoms. The third-order valence-corrected chi connectivity index (χ3v) is 12.0. The summed E-state index contributed by atoms with van der Waals surface area (Å²) in [5.74, 6) is 3.22. The van der Waals surface area contributed by atoms with Crippen LogP contribution in [0.25, 0.3) is 33.6 Å². The number of aryl methyl sites for hydroxylation is 1. The number of carbonyl (C=O) groups excluding carboxylic acids is 3. The monoisotopic (exact) mass is 743 g/mol. The summed E-state index contributed by atoms with van der Waals surface area (Å²) in [6.07, 6.45) is 11.7. The molecule has 3 aliphatic rings. The van der Waals surface area contributed by atoms with Gasteiger partial charge in [-0.1, -0.05) is 62.4 Å². The van der Waals surface area contributed by atoms with E-state index in [0.717, 1.165) is 83.2 Å². The van der Waals surface area contributed by atoms with Crippen molar-refractivity contribution in [3.8, 4) is 33.6 Å². The van der Waals surface area contributed by atoms with E-state index >= 15 is 0 Å². The predicted octanol–water partition coefficient (Wildman–Crippen LogP) is 6.36. The lowest BCUT2D eigenvalue weighted by Gasteiger charge is -2.30. The molecule has 1 saturated heterocycles. The van der Waals surface area contributed by atoms with Crippen LogP contribution in [0, 0.1) is 23.7 Å². The molecular formula is C42H49N9O4. The quantitative estimate of drug-likeness (QED) is 0.122. The van der Waals surface area contributed by atoms with Gasteiger partial charge in [-0.3, -0.25) is 9.59 Å². The van der Waals surface area contributed by atoms with Gasteiger partial charge in [-0.2, -0.15) is 0 Å². The Bertz CT molecular complexity index is 2150. The van der Waals surface area contributed by atoms with Gasteiger partial charge in [0.15, 0.2) is 0 Å². The Labute approximate surface area is 320 Å². The highest BCUT2D eigenvalue weighted by Crippen LogP contribution is 2.56. The van der Waals surface area contributed by atoms with E-state index in [9.17, 15) is 14.4 Å². The zero-order chi connectivity index (χ0) is 38.2. The minimum absolute atomic E-state index is 0.0855. The van der Waals surface area contributed by atoms with Crippen molar-refractivity contribution >= 4 is 17.9 Å². The first-order valence-corrected chi connectivity index (χ1v) is 19.4. The molecule has 4 heterocycles. The first-order valence-electron chi connectivity index (χ1n) is 19.4. The fourth-order valence-corrected chi connectivity index (χ4v) is 9.10. The van der Waals surface area contributed by atoms with Gasteiger partial charge >= 0.3 is 6.09 Å². The molecule has 2 aliphatic carbocycles. The van der Waals surface area contributed by atoms with Crippen LogP contribution in [0.1, 0.15) is 75.4 Å². The fourth-order valence-electron chi connectivity index (χ4n) is 9.10. The van der Waals surface area contributed by atoms with E-state index in [-0.39, 0.29) is 35.6 Å². The molecule has 13 nitrogen and oxygen atoms in total. The molecule has 6 atom stereocenters. The molecule has 0 radical (unpaired) electrons. The maximum atomic E-state index is 13.5. The van der Waals surface area contributed by atoms with Gasteiger partial charge in [0.2, 0.25) is 11.8 Å². The van der Waals surface area contributed by atoms with E-state index in [1.54, 1.807) is 6.20 Å². The van der Waals surface area contributed by atoms with Crippen molar-refractivity contribution < 1.29 is 19.1 Å². The normalized spacial score (nSPS) is 22.3. The van der Waals surface area contributed by atoms with Gasteiger partial charge in [-0.15, -0.1) is 0 Å². The van der Waals surface area contributed by atoms with Crippen molar-refractivity contribution in [1.29, 1.82) is 0 Å². The number of fused-ring (bicyclic) bond motifs is 2. The second-order valence-corrected chi connectivity index (χ2v) is 15.6. The summed E-state index contributed by atoms with van der Waals surface area (Å²) in [4.78, 5) is 61.8. The first-order chi connectivity index (χ1) is 26.7. The van der Waals surface area contributed by atoms with E-state index in [4.69, 9.17) is 9.72 Å². The minimum atomic E-state index is -0.677. The highest BCUT2D eigenvalue weighted by atomic mass is 16.5. The number of hydrogen-bond donors (Lipinski definition) is 4. The number of hydrogen-bond acceptors (Lipinski definition) is 7. The van der Waals surface area contributed by atoms with Gasteiger partial charge in [0.1, 0.15) is 23.5 Å². The van der Waals surface area contributed by atoms with E-state index in [1.165, 1.54) is 7.11 Å². The molecular weight excluding hydrogens is 695 g/mol. The van der Waals surface area contributed by atoms with Crippen LogP contribution >= 0.6 is 0 Å². The summed E-state index contributed by atoms with van der Waals surface area (Å²) in [7, 11) is 3.24. The number of nitrogens with one attached hydrogen (secondary N) is 4. The molecule has 5 aromatic rings. The van der Waals surface area contributed by atoms with E-state index in [0.29, 0.717) is 24.9 Å². The van der Waals surface area contributed by atoms with E-state index in [2.05, 4.69) is 79.1 Å². The van der Waals surface area contributed by atoms with Crippen LogP contribution in [0.5, 0.6) is 0 Å². The molecule has 13 heteroatoms. The highest BCUT2D eigenvalue weighted by Gasteiger charge is 2.52. The summed E-state index contributed by atoms with van der Waals surface area (Å²) >= 11 is 0. The molecule has 0 spiro atoms. The van der Waals surface area contributed by atoms with Gasteiger partial charge in [0.25, 0.3) is 0 Å². The zero-order valence-corrected chi connectivity index (χ0v) is 31.8. The topological polar surface area (TPSA) is 163 Å². The Morgan fingerprint density at radius 1 is 0.855 bits per heavy atom. The molecule has 8 rings (SSSR count). The Balaban J connectivity index is 0.919. The summed E-state index contributed by atoms with van der Waals surface area (Å²) in [6, 6.07) is 15.9. The molecule has 2 saturated carbocycles. The minimum Gasteiger partial charge on any atom is -0.453 e. The first kappa shape index (κ1) is 36.3. The van der Waals surface area contributed by atoms with Gasteiger partial charge in [-0.25, -0.2) is 19.7 Å². The number of nitrogens with zero attached hydrogens (tertiary/aromatic N) is 5. The number of ether oxygens (including phenoxy) is 1. The lowest BCUT2D eigenvalue weighted by Crippen LogP contribution is -2.51. The maximum Gasteiger partial charge on any atom is 0.407 e. The summed E-state index contributed by atoms with van der Waals surface area (Å²) in [5, 5.41) is 5.86. The number of aromatic amines is 2. The van der Waals surface area contributed by atoms with Gasteiger partial charge in [0.05, 0.1) is 49.4 Å². The van der Waals surface area contributed by atoms with Gasteiger partial charge < -0.3 is 34.8 Å². The Morgan fingerprint density at radius 2 is 1.47 bits per heavy atom. The number of benzene rings is 2. The van der Waals surface area contributed by atoms with Crippen LogP contribution < -0.4 is 10.6 Å². The second kappa shape index (κ2) is 15.2. The van der Waals surface area contributed by atoms with Crippen LogP contribution in [0.3, 0.4) is 0 Å². The van der Waals surface area contributed by atoms with Crippen molar-refractivity contribution in [2.75, 3.05) is 13.7 Å². The van der Waals surface area contributed by atoms with Crippen LogP contribution in [0.2, 0.25) is 0 Å². The van der Waals surface area contributed by atoms with E-state index in [1.807, 2.05) is 49.0 Å². The SMILES string of the molecule is COC(=O)N[C@H](C(=O)N1CCC[C@H]1c1ncc(-c2ccc(-c3ccc(-c4cnc([C@@H]5[C@H]6CC[C@H](C6)[C@H]5C(=O)NCc5nccn5C)[nH]4)cc3)cc2)[nH]1)C(C)C. The van der Waals surface area contributed by atoms with Crippen molar-refractivity contribution in [3.63, 3.8) is 0 Å². The molecule has 286 valence electrons. The second-order valence-electron chi connectivity index (χ2n) is 15.6. The fraction of sp³-hybridized carbons (Fsp3) is 0.429. The van der Waals surface area contributed by atoms with Gasteiger partial charge in [-0.05, 0) is 72.1 Å². The molecule has 4 N–H and O–H groups in total. The summed E-state index contributed by atoms with van der Waals surface area (Å²) in [6.45, 7) is 4.85. The lowest BCUT2D eigenvalue weighted by molar-refractivity contribution is -0.135. The molecule has 1 aliphatic heterocycles. The highest BCUT2D eigenvalue weighted by molar-refractivity contribution is 5.86. The van der Waals surface area contributed by atoms with Crippen LogP contribution in [-0.2, 0) is 27.9 Å². The molecule has 3 aromatic heterocycles. The van der Waals surface area contributed by atoms with Crippen molar-refractivity contribution in [1.82, 2.24) is 45.0 Å². The Kier molecular flexibility index (Phi) is 10.0. The standard InChI is InChI=1S/C42H49N9O4/c1-24(2)37(49-42(54)55-4)41(53)51-18-5-6-33(51)38-44-21-31(47-38)27-11-7-25(8-12-27)26-9-13-28(14-10-26)32-22-45-39(48-32)35-29-15-16-30(20-29)36(35)40(52)46-23-34-43-17-19-50(34)3/h7-14,17,19,21-22,24,29-30,33,35-37H,5-6,15-16,18,20,23H2,1-4H3,(H,44,47)(H,45,48)(H,46,52)(H,49,54)/t29-,30+,33-,35+,36+,37-/m0/s1. The van der Waals surface area contributed by atoms with E-state index < -0.39 is 12.1 Å². The van der Waals surface area contributed by atoms with Crippen LogP contribution in [0.15, 0.2) is 73.3 Å². The number of carbonyl (C=O) groups is 3. The number of H-pyrrole nitrogens is 2. The number of methoxy groups -OCH3 is 1. The predicted molar refractivity (Wildman–Crippen MR) is 207 cm³/mol. The number of imidazole rings is 3. The van der Waals surface area contributed by atoms with Crippen LogP contribution in [0.4, 0.5) is 4.79 Å². The average molecular weight is 744 g/mol. The Morgan fingerprint density at radius 3 is 2.09 bits per heavy atom. The molecule has 3 amide bonds. The van der Waals surface area contributed by atoms with Crippen molar-refractivity contribution in [3.05, 3.63) is 90.8 Å². The number of likely N-dealkylation sites (tertiary alicyclic amines) is 1. The summed E-state index contributed by atoms with van der Waals surface area (Å²) in [5.41, 5.74) is 6.05. The molecule has 0 unspecified atom stereocenters. The largest absolute Gasteiger partial charge is 0.453 e. The van der Waals surface area contributed by atoms with Crippen molar-refractivity contribution in [2.24, 2.45) is 30.7 Å². The molecule has 2 aromatic carbocycles.